The molecule has 2 aromatic rings. The lowest BCUT2D eigenvalue weighted by Crippen LogP contribution is -2.30. The molecule has 0 saturated heterocycles. The molecular formula is C19H23N3O5. The molecule has 27 heavy (non-hydrogen) atoms. The van der Waals surface area contributed by atoms with Gasteiger partial charge < -0.3 is 19.5 Å². The summed E-state index contributed by atoms with van der Waals surface area (Å²) in [6, 6.07) is 5.16. The Balaban J connectivity index is 1.65. The van der Waals surface area contributed by atoms with Gasteiger partial charge in [0.1, 0.15) is 5.56 Å². The van der Waals surface area contributed by atoms with E-state index in [1.54, 1.807) is 43.8 Å². The van der Waals surface area contributed by atoms with Crippen molar-refractivity contribution in [3.05, 3.63) is 35.2 Å². The second-order valence-electron chi connectivity index (χ2n) is 6.42. The predicted octanol–water partition coefficient (Wildman–Crippen LogP) is 2.38. The molecule has 0 spiro atoms. The number of hydrogen-bond donors (Lipinski definition) is 1. The summed E-state index contributed by atoms with van der Waals surface area (Å²) in [5.41, 5.74) is 2.18. The highest BCUT2D eigenvalue weighted by Crippen LogP contribution is 2.32. The Kier molecular flexibility index (Phi) is 5.34. The zero-order valence-electron chi connectivity index (χ0n) is 15.9. The van der Waals surface area contributed by atoms with E-state index in [-0.39, 0.29) is 0 Å². The number of amides is 1. The fraction of sp³-hybridized carbons (Fsp3) is 0.421. The molecule has 1 aromatic heterocycles. The Labute approximate surface area is 157 Å². The van der Waals surface area contributed by atoms with Gasteiger partial charge >= 0.3 is 5.97 Å². The highest BCUT2D eigenvalue weighted by Gasteiger charge is 2.24. The summed E-state index contributed by atoms with van der Waals surface area (Å²) >= 11 is 0. The molecule has 3 rings (SSSR count). The van der Waals surface area contributed by atoms with E-state index in [0.29, 0.717) is 47.4 Å². The van der Waals surface area contributed by atoms with E-state index in [0.717, 1.165) is 6.42 Å². The first-order valence-corrected chi connectivity index (χ1v) is 8.78. The van der Waals surface area contributed by atoms with Crippen LogP contribution in [0.4, 0.5) is 5.69 Å². The summed E-state index contributed by atoms with van der Waals surface area (Å²) in [6.45, 7) is 6.18. The summed E-state index contributed by atoms with van der Waals surface area (Å²) < 4.78 is 18.1. The van der Waals surface area contributed by atoms with Crippen molar-refractivity contribution in [2.45, 2.75) is 33.3 Å². The Morgan fingerprint density at radius 3 is 2.59 bits per heavy atom. The van der Waals surface area contributed by atoms with E-state index in [1.807, 2.05) is 0 Å². The number of aryl methyl sites for hydroxylation is 2. The van der Waals surface area contributed by atoms with Gasteiger partial charge in [-0.2, -0.15) is 5.10 Å². The molecular weight excluding hydrogens is 350 g/mol. The third-order valence-corrected chi connectivity index (χ3v) is 4.38. The van der Waals surface area contributed by atoms with Crippen molar-refractivity contribution < 1.29 is 23.8 Å². The number of carbonyl (C=O) groups is 2. The number of esters is 1. The molecule has 144 valence electrons. The lowest BCUT2D eigenvalue weighted by Gasteiger charge is -2.15. The lowest BCUT2D eigenvalue weighted by atomic mass is 10.2. The molecule has 1 aliphatic heterocycles. The standard InChI is InChI=1S/C19H23N3O5/c1-11-17(12(2)22(4)21-11)19(24)27-13(3)18(23)20-14-6-7-15-16(10-14)26-9-5-8-25-15/h6-7,10,13H,5,8-9H2,1-4H3,(H,20,23)/t13-/m1/s1. The molecule has 8 heteroatoms. The van der Waals surface area contributed by atoms with Crippen molar-refractivity contribution in [2.24, 2.45) is 7.05 Å². The van der Waals surface area contributed by atoms with Crippen molar-refractivity contribution in [1.29, 1.82) is 0 Å². The third kappa shape index (κ3) is 4.05. The average Bonchev–Trinajstić information content (AvgIpc) is 2.79. The maximum Gasteiger partial charge on any atom is 0.342 e. The van der Waals surface area contributed by atoms with Gasteiger partial charge in [0.05, 0.1) is 18.9 Å². The molecule has 0 aliphatic carbocycles. The fourth-order valence-corrected chi connectivity index (χ4v) is 2.83. The molecule has 1 aliphatic rings. The number of hydrogen-bond acceptors (Lipinski definition) is 6. The Morgan fingerprint density at radius 1 is 1.22 bits per heavy atom. The number of rotatable bonds is 4. The number of anilines is 1. The first kappa shape index (κ1) is 18.8. The highest BCUT2D eigenvalue weighted by atomic mass is 16.5. The molecule has 1 N–H and O–H groups in total. The van der Waals surface area contributed by atoms with Crippen molar-refractivity contribution in [1.82, 2.24) is 9.78 Å². The molecule has 0 fully saturated rings. The van der Waals surface area contributed by atoms with Gasteiger partial charge in [0.25, 0.3) is 5.91 Å². The van der Waals surface area contributed by atoms with Gasteiger partial charge in [-0.05, 0) is 32.9 Å². The largest absolute Gasteiger partial charge is 0.490 e. The maximum atomic E-state index is 12.4. The van der Waals surface area contributed by atoms with Crippen LogP contribution in [0.5, 0.6) is 11.5 Å². The van der Waals surface area contributed by atoms with Crippen LogP contribution in [0.2, 0.25) is 0 Å². The number of ether oxygens (including phenoxy) is 3. The summed E-state index contributed by atoms with van der Waals surface area (Å²) in [7, 11) is 1.75. The topological polar surface area (TPSA) is 91.7 Å². The lowest BCUT2D eigenvalue weighted by molar-refractivity contribution is -0.123. The second kappa shape index (κ2) is 7.69. The van der Waals surface area contributed by atoms with Gasteiger partial charge in [0, 0.05) is 30.9 Å². The monoisotopic (exact) mass is 373 g/mol. The molecule has 2 heterocycles. The van der Waals surface area contributed by atoms with Crippen LogP contribution >= 0.6 is 0 Å². The molecule has 1 atom stereocenters. The minimum Gasteiger partial charge on any atom is -0.490 e. The quantitative estimate of drug-likeness (QED) is 0.828. The molecule has 0 unspecified atom stereocenters. The maximum absolute atomic E-state index is 12.4. The molecule has 1 amide bonds. The van der Waals surface area contributed by atoms with E-state index < -0.39 is 18.0 Å². The van der Waals surface area contributed by atoms with Crippen LogP contribution in [0.15, 0.2) is 18.2 Å². The van der Waals surface area contributed by atoms with E-state index in [2.05, 4.69) is 10.4 Å². The van der Waals surface area contributed by atoms with E-state index >= 15 is 0 Å². The molecule has 8 nitrogen and oxygen atoms in total. The van der Waals surface area contributed by atoms with Crippen LogP contribution in [0.1, 0.15) is 35.1 Å². The van der Waals surface area contributed by atoms with Crippen LogP contribution in [0.3, 0.4) is 0 Å². The normalized spacial score (nSPS) is 14.2. The van der Waals surface area contributed by atoms with E-state index in [4.69, 9.17) is 14.2 Å². The number of carbonyl (C=O) groups excluding carboxylic acids is 2. The first-order valence-electron chi connectivity index (χ1n) is 8.78. The Morgan fingerprint density at radius 2 is 1.93 bits per heavy atom. The van der Waals surface area contributed by atoms with Gasteiger partial charge in [-0.3, -0.25) is 9.48 Å². The van der Waals surface area contributed by atoms with Gasteiger partial charge in [0.2, 0.25) is 0 Å². The molecule has 0 bridgehead atoms. The SMILES string of the molecule is Cc1nn(C)c(C)c1C(=O)O[C@H](C)C(=O)Nc1ccc2c(c1)OCCCO2. The van der Waals surface area contributed by atoms with Gasteiger partial charge in [-0.15, -0.1) is 0 Å². The Hall–Kier alpha value is -3.03. The highest BCUT2D eigenvalue weighted by molar-refractivity contribution is 5.98. The van der Waals surface area contributed by atoms with Crippen LogP contribution in [0, 0.1) is 13.8 Å². The van der Waals surface area contributed by atoms with Crippen molar-refractivity contribution in [3.8, 4) is 11.5 Å². The molecule has 0 radical (unpaired) electrons. The van der Waals surface area contributed by atoms with E-state index in [1.165, 1.54) is 6.92 Å². The summed E-state index contributed by atoms with van der Waals surface area (Å²) in [4.78, 5) is 24.8. The number of aromatic nitrogens is 2. The minimum atomic E-state index is -0.965. The number of nitrogens with zero attached hydrogens (tertiary/aromatic N) is 2. The van der Waals surface area contributed by atoms with Crippen molar-refractivity contribution >= 4 is 17.6 Å². The van der Waals surface area contributed by atoms with Crippen molar-refractivity contribution in [2.75, 3.05) is 18.5 Å². The fourth-order valence-electron chi connectivity index (χ4n) is 2.83. The third-order valence-electron chi connectivity index (χ3n) is 4.38. The van der Waals surface area contributed by atoms with Crippen LogP contribution in [-0.2, 0) is 16.6 Å². The number of fused-ring (bicyclic) bond motifs is 1. The van der Waals surface area contributed by atoms with Crippen molar-refractivity contribution in [3.63, 3.8) is 0 Å². The van der Waals surface area contributed by atoms with Gasteiger partial charge in [-0.25, -0.2) is 4.79 Å². The van der Waals surface area contributed by atoms with Crippen LogP contribution < -0.4 is 14.8 Å². The van der Waals surface area contributed by atoms with Crippen LogP contribution in [0.25, 0.3) is 0 Å². The summed E-state index contributed by atoms with van der Waals surface area (Å²) in [5, 5.41) is 6.92. The van der Waals surface area contributed by atoms with Gasteiger partial charge in [-0.1, -0.05) is 0 Å². The smallest absolute Gasteiger partial charge is 0.342 e. The zero-order valence-corrected chi connectivity index (χ0v) is 15.9. The Bertz CT molecular complexity index is 874. The first-order chi connectivity index (χ1) is 12.9. The minimum absolute atomic E-state index is 0.382. The molecule has 0 saturated carbocycles. The van der Waals surface area contributed by atoms with Crippen LogP contribution in [-0.4, -0.2) is 41.0 Å². The predicted molar refractivity (Wildman–Crippen MR) is 98.2 cm³/mol. The summed E-state index contributed by atoms with van der Waals surface area (Å²) in [5.74, 6) is 0.223. The zero-order chi connectivity index (χ0) is 19.6. The summed E-state index contributed by atoms with van der Waals surface area (Å²) in [6.07, 6.45) is -0.163. The molecule has 1 aromatic carbocycles. The second-order valence-corrected chi connectivity index (χ2v) is 6.42. The average molecular weight is 373 g/mol. The number of nitrogens with one attached hydrogen (secondary N) is 1. The van der Waals surface area contributed by atoms with Gasteiger partial charge in [0.15, 0.2) is 17.6 Å². The number of benzene rings is 1. The van der Waals surface area contributed by atoms with E-state index in [9.17, 15) is 9.59 Å².